The van der Waals surface area contributed by atoms with Crippen LogP contribution in [0.5, 0.6) is 11.5 Å². The molecular weight excluding hydrogens is 390 g/mol. The van der Waals surface area contributed by atoms with Crippen LogP contribution in [0.4, 0.5) is 0 Å². The number of nitrogens with one attached hydrogen (secondary N) is 2. The molecule has 0 aliphatic carbocycles. The summed E-state index contributed by atoms with van der Waals surface area (Å²) in [5.74, 6) is 0.956. The van der Waals surface area contributed by atoms with Gasteiger partial charge in [0.2, 0.25) is 9.84 Å². The van der Waals surface area contributed by atoms with Gasteiger partial charge >= 0.3 is 0 Å². The number of ether oxygens (including phenoxy) is 2. The number of aromatic amines is 1. The minimum absolute atomic E-state index is 0.0150. The molecule has 0 amide bonds. The topological polar surface area (TPSA) is 93.3 Å². The first-order chi connectivity index (χ1) is 14.1. The van der Waals surface area contributed by atoms with Crippen molar-refractivity contribution >= 4 is 31.5 Å². The van der Waals surface area contributed by atoms with E-state index in [9.17, 15) is 8.42 Å². The zero-order valence-corrected chi connectivity index (χ0v) is 16.9. The SMILES string of the molecule is CNCCOc1cc(OC)cc2c(S(=O)(=O)c3cccc4ccccc34)[nH]nc12. The third-order valence-corrected chi connectivity index (χ3v) is 6.50. The molecule has 150 valence electrons. The van der Waals surface area contributed by atoms with Crippen LogP contribution >= 0.6 is 0 Å². The Morgan fingerprint density at radius 3 is 2.66 bits per heavy atom. The first-order valence-corrected chi connectivity index (χ1v) is 10.6. The van der Waals surface area contributed by atoms with Crippen molar-refractivity contribution < 1.29 is 17.9 Å². The van der Waals surface area contributed by atoms with Gasteiger partial charge < -0.3 is 14.8 Å². The van der Waals surface area contributed by atoms with E-state index in [1.54, 1.807) is 30.3 Å². The number of methoxy groups -OCH3 is 1. The third-order valence-electron chi connectivity index (χ3n) is 4.72. The maximum atomic E-state index is 13.5. The molecule has 0 saturated carbocycles. The Labute approximate surface area is 168 Å². The third kappa shape index (κ3) is 3.41. The molecule has 8 heteroatoms. The summed E-state index contributed by atoms with van der Waals surface area (Å²) >= 11 is 0. The number of hydrogen-bond acceptors (Lipinski definition) is 6. The number of hydrogen-bond donors (Lipinski definition) is 2. The lowest BCUT2D eigenvalue weighted by molar-refractivity contribution is 0.319. The molecule has 0 bridgehead atoms. The van der Waals surface area contributed by atoms with Gasteiger partial charge in [-0.05, 0) is 24.6 Å². The Morgan fingerprint density at radius 1 is 1.07 bits per heavy atom. The summed E-state index contributed by atoms with van der Waals surface area (Å²) in [7, 11) is -0.505. The average molecular weight is 411 g/mol. The van der Waals surface area contributed by atoms with Crippen LogP contribution in [-0.4, -0.2) is 45.9 Å². The van der Waals surface area contributed by atoms with Crippen molar-refractivity contribution in [1.29, 1.82) is 0 Å². The Morgan fingerprint density at radius 2 is 1.86 bits per heavy atom. The maximum Gasteiger partial charge on any atom is 0.224 e. The summed E-state index contributed by atoms with van der Waals surface area (Å²) in [5.41, 5.74) is 0.445. The first kappa shape index (κ1) is 19.2. The van der Waals surface area contributed by atoms with E-state index in [2.05, 4.69) is 15.5 Å². The molecule has 4 aromatic rings. The molecule has 29 heavy (non-hydrogen) atoms. The van der Waals surface area contributed by atoms with Crippen LogP contribution in [0.15, 0.2) is 64.5 Å². The van der Waals surface area contributed by atoms with Gasteiger partial charge in [-0.1, -0.05) is 36.4 Å². The number of sulfone groups is 1. The highest BCUT2D eigenvalue weighted by atomic mass is 32.2. The van der Waals surface area contributed by atoms with Crippen LogP contribution in [0.3, 0.4) is 0 Å². The molecular formula is C21H21N3O4S. The first-order valence-electron chi connectivity index (χ1n) is 9.12. The molecule has 1 heterocycles. The van der Waals surface area contributed by atoms with Crippen molar-refractivity contribution in [1.82, 2.24) is 15.5 Å². The molecule has 0 unspecified atom stereocenters. The van der Waals surface area contributed by atoms with Gasteiger partial charge in [-0.3, -0.25) is 5.10 Å². The quantitative estimate of drug-likeness (QED) is 0.454. The largest absolute Gasteiger partial charge is 0.497 e. The number of fused-ring (bicyclic) bond motifs is 2. The van der Waals surface area contributed by atoms with Gasteiger partial charge in [0.1, 0.15) is 17.9 Å². The van der Waals surface area contributed by atoms with Gasteiger partial charge in [-0.25, -0.2) is 8.42 Å². The second-order valence-corrected chi connectivity index (χ2v) is 8.36. The highest BCUT2D eigenvalue weighted by molar-refractivity contribution is 7.91. The Balaban J connectivity index is 1.90. The summed E-state index contributed by atoms with van der Waals surface area (Å²) < 4.78 is 38.2. The number of benzene rings is 3. The van der Waals surface area contributed by atoms with Crippen molar-refractivity contribution in [2.24, 2.45) is 0 Å². The second-order valence-electron chi connectivity index (χ2n) is 6.51. The van der Waals surface area contributed by atoms with Crippen molar-refractivity contribution in [3.8, 4) is 11.5 Å². The minimum Gasteiger partial charge on any atom is -0.497 e. The predicted molar refractivity (Wildman–Crippen MR) is 111 cm³/mol. The Kier molecular flexibility index (Phi) is 5.12. The molecule has 0 spiro atoms. The monoisotopic (exact) mass is 411 g/mol. The highest BCUT2D eigenvalue weighted by Crippen LogP contribution is 2.36. The van der Waals surface area contributed by atoms with E-state index in [1.807, 2.05) is 31.3 Å². The summed E-state index contributed by atoms with van der Waals surface area (Å²) in [6.07, 6.45) is 0. The molecule has 0 radical (unpaired) electrons. The van der Waals surface area contributed by atoms with Crippen LogP contribution in [0.2, 0.25) is 0 Å². The van der Waals surface area contributed by atoms with E-state index >= 15 is 0 Å². The van der Waals surface area contributed by atoms with Gasteiger partial charge in [-0.2, -0.15) is 5.10 Å². The Hall–Kier alpha value is -3.10. The molecule has 7 nitrogen and oxygen atoms in total. The summed E-state index contributed by atoms with van der Waals surface area (Å²) in [5, 5.41) is 11.9. The van der Waals surface area contributed by atoms with Gasteiger partial charge in [0.25, 0.3) is 0 Å². The van der Waals surface area contributed by atoms with E-state index in [4.69, 9.17) is 9.47 Å². The molecule has 0 fully saturated rings. The molecule has 1 aromatic heterocycles. The average Bonchev–Trinajstić information content (AvgIpc) is 3.18. The van der Waals surface area contributed by atoms with E-state index in [0.717, 1.165) is 5.39 Å². The zero-order valence-electron chi connectivity index (χ0n) is 16.1. The van der Waals surface area contributed by atoms with Crippen LogP contribution in [0.1, 0.15) is 0 Å². The lowest BCUT2D eigenvalue weighted by Gasteiger charge is -2.10. The van der Waals surface area contributed by atoms with Crippen LogP contribution < -0.4 is 14.8 Å². The molecule has 2 N–H and O–H groups in total. The van der Waals surface area contributed by atoms with E-state index in [0.29, 0.717) is 40.9 Å². The van der Waals surface area contributed by atoms with Crippen LogP contribution in [0, 0.1) is 0 Å². The van der Waals surface area contributed by atoms with Gasteiger partial charge in [-0.15, -0.1) is 0 Å². The maximum absolute atomic E-state index is 13.5. The van der Waals surface area contributed by atoms with Gasteiger partial charge in [0.05, 0.1) is 12.0 Å². The fourth-order valence-electron chi connectivity index (χ4n) is 3.27. The molecule has 0 aliphatic heterocycles. The van der Waals surface area contributed by atoms with Gasteiger partial charge in [0.15, 0.2) is 10.8 Å². The predicted octanol–water partition coefficient (Wildman–Crippen LogP) is 3.16. The molecule has 4 rings (SSSR count). The lowest BCUT2D eigenvalue weighted by Crippen LogP contribution is -2.16. The van der Waals surface area contributed by atoms with Crippen molar-refractivity contribution in [2.75, 3.05) is 27.3 Å². The number of likely N-dealkylation sites (N-methyl/N-ethyl adjacent to an activating group) is 1. The fourth-order valence-corrected chi connectivity index (χ4v) is 4.84. The van der Waals surface area contributed by atoms with Crippen LogP contribution in [0.25, 0.3) is 21.7 Å². The fraction of sp³-hybridized carbons (Fsp3) is 0.190. The second kappa shape index (κ2) is 7.73. The van der Waals surface area contributed by atoms with Crippen molar-refractivity contribution in [3.63, 3.8) is 0 Å². The minimum atomic E-state index is -3.86. The molecule has 0 aliphatic rings. The number of rotatable bonds is 7. The summed E-state index contributed by atoms with van der Waals surface area (Å²) in [6.45, 7) is 1.06. The summed E-state index contributed by atoms with van der Waals surface area (Å²) in [4.78, 5) is 0.224. The van der Waals surface area contributed by atoms with E-state index in [-0.39, 0.29) is 9.92 Å². The van der Waals surface area contributed by atoms with E-state index in [1.165, 1.54) is 7.11 Å². The Bertz CT molecular complexity index is 1280. The molecule has 3 aromatic carbocycles. The smallest absolute Gasteiger partial charge is 0.224 e. The molecule has 0 saturated heterocycles. The highest BCUT2D eigenvalue weighted by Gasteiger charge is 2.26. The zero-order chi connectivity index (χ0) is 20.4. The lowest BCUT2D eigenvalue weighted by atomic mass is 10.1. The van der Waals surface area contributed by atoms with Gasteiger partial charge in [0, 0.05) is 23.4 Å². The standard InChI is InChI=1S/C21H21N3O4S/c1-22-10-11-28-18-13-15(27-2)12-17-20(18)23-24-21(17)29(25,26)19-9-5-7-14-6-3-4-8-16(14)19/h3-9,12-13,22H,10-11H2,1-2H3,(H,23,24). The van der Waals surface area contributed by atoms with E-state index < -0.39 is 9.84 Å². The van der Waals surface area contributed by atoms with Crippen molar-refractivity contribution in [3.05, 3.63) is 54.6 Å². The normalized spacial score (nSPS) is 11.8. The van der Waals surface area contributed by atoms with Crippen LogP contribution in [-0.2, 0) is 9.84 Å². The molecule has 0 atom stereocenters. The number of aromatic nitrogens is 2. The number of nitrogens with zero attached hydrogens (tertiary/aromatic N) is 1. The van der Waals surface area contributed by atoms with Crippen molar-refractivity contribution in [2.45, 2.75) is 9.92 Å². The summed E-state index contributed by atoms with van der Waals surface area (Å²) in [6, 6.07) is 16.0. The number of H-pyrrole nitrogens is 1.